The lowest BCUT2D eigenvalue weighted by Gasteiger charge is -2.16. The van der Waals surface area contributed by atoms with Crippen LogP contribution in [0.3, 0.4) is 0 Å². The van der Waals surface area contributed by atoms with Crippen molar-refractivity contribution in [3.05, 3.63) is 51.3 Å². The molecule has 1 heterocycles. The second-order valence-electron chi connectivity index (χ2n) is 4.95. The Morgan fingerprint density at radius 2 is 2.00 bits per heavy atom. The molecule has 1 atom stereocenters. The highest BCUT2D eigenvalue weighted by atomic mass is 35.5. The average molecular weight is 326 g/mol. The van der Waals surface area contributed by atoms with E-state index in [-0.39, 0.29) is 18.5 Å². The minimum atomic E-state index is -0.168. The zero-order valence-electron chi connectivity index (χ0n) is 12.2. The SMILES string of the molecule is Cc1nn(CC(=O)N[C@@H](C)c2ccccc2Cl)c(C)c1Cl. The fraction of sp³-hybridized carbons (Fsp3) is 0.333. The van der Waals surface area contributed by atoms with Gasteiger partial charge in [0.1, 0.15) is 6.54 Å². The molecule has 2 rings (SSSR count). The highest BCUT2D eigenvalue weighted by Crippen LogP contribution is 2.22. The Labute approximate surface area is 134 Å². The van der Waals surface area contributed by atoms with E-state index in [1.807, 2.05) is 39.0 Å². The maximum atomic E-state index is 12.1. The first-order valence-electron chi connectivity index (χ1n) is 6.63. The molecule has 0 saturated carbocycles. The summed E-state index contributed by atoms with van der Waals surface area (Å²) < 4.78 is 1.60. The summed E-state index contributed by atoms with van der Waals surface area (Å²) in [5.41, 5.74) is 2.40. The molecular weight excluding hydrogens is 309 g/mol. The Morgan fingerprint density at radius 3 is 2.57 bits per heavy atom. The van der Waals surface area contributed by atoms with Crippen molar-refractivity contribution in [2.24, 2.45) is 0 Å². The Balaban J connectivity index is 2.05. The van der Waals surface area contributed by atoms with E-state index < -0.39 is 0 Å². The Hall–Kier alpha value is -1.52. The third-order valence-electron chi connectivity index (χ3n) is 3.34. The molecule has 0 aliphatic heterocycles. The summed E-state index contributed by atoms with van der Waals surface area (Å²) in [7, 11) is 0. The molecule has 21 heavy (non-hydrogen) atoms. The van der Waals surface area contributed by atoms with Gasteiger partial charge >= 0.3 is 0 Å². The van der Waals surface area contributed by atoms with Crippen molar-refractivity contribution in [2.75, 3.05) is 0 Å². The number of nitrogens with zero attached hydrogens (tertiary/aromatic N) is 2. The normalized spacial score (nSPS) is 12.2. The molecule has 0 radical (unpaired) electrons. The topological polar surface area (TPSA) is 46.9 Å². The first kappa shape index (κ1) is 15.9. The van der Waals surface area contributed by atoms with Crippen LogP contribution in [0.25, 0.3) is 0 Å². The molecule has 0 fully saturated rings. The zero-order chi connectivity index (χ0) is 15.6. The second kappa shape index (κ2) is 6.50. The van der Waals surface area contributed by atoms with Gasteiger partial charge in [0.15, 0.2) is 0 Å². The molecule has 0 spiro atoms. The number of aromatic nitrogens is 2. The van der Waals surface area contributed by atoms with E-state index >= 15 is 0 Å². The summed E-state index contributed by atoms with van der Waals surface area (Å²) in [4.78, 5) is 12.1. The third-order valence-corrected chi connectivity index (χ3v) is 4.23. The minimum Gasteiger partial charge on any atom is -0.348 e. The van der Waals surface area contributed by atoms with Crippen molar-refractivity contribution in [1.82, 2.24) is 15.1 Å². The number of hydrogen-bond acceptors (Lipinski definition) is 2. The van der Waals surface area contributed by atoms with Gasteiger partial charge in [0.25, 0.3) is 0 Å². The van der Waals surface area contributed by atoms with Gasteiger partial charge in [-0.3, -0.25) is 9.48 Å². The van der Waals surface area contributed by atoms with Gasteiger partial charge in [0.2, 0.25) is 5.91 Å². The highest BCUT2D eigenvalue weighted by molar-refractivity contribution is 6.32. The Bertz CT molecular complexity index is 667. The number of rotatable bonds is 4. The molecule has 2 aromatic rings. The van der Waals surface area contributed by atoms with Gasteiger partial charge in [-0.25, -0.2) is 0 Å². The lowest BCUT2D eigenvalue weighted by atomic mass is 10.1. The van der Waals surface area contributed by atoms with E-state index in [4.69, 9.17) is 23.2 Å². The van der Waals surface area contributed by atoms with Crippen LogP contribution < -0.4 is 5.32 Å². The van der Waals surface area contributed by atoms with Gasteiger partial charge in [-0.15, -0.1) is 0 Å². The molecule has 0 aliphatic rings. The smallest absolute Gasteiger partial charge is 0.242 e. The van der Waals surface area contributed by atoms with Gasteiger partial charge < -0.3 is 5.32 Å². The highest BCUT2D eigenvalue weighted by Gasteiger charge is 2.15. The molecule has 4 nitrogen and oxygen atoms in total. The van der Waals surface area contributed by atoms with Crippen LogP contribution >= 0.6 is 23.2 Å². The number of carbonyl (C=O) groups is 1. The fourth-order valence-electron chi connectivity index (χ4n) is 2.16. The summed E-state index contributed by atoms with van der Waals surface area (Å²) in [6.45, 7) is 5.69. The predicted molar refractivity (Wildman–Crippen MR) is 84.7 cm³/mol. The van der Waals surface area contributed by atoms with Crippen LogP contribution in [0.1, 0.15) is 29.9 Å². The standard InChI is InChI=1S/C15H17Cl2N3O/c1-9(12-6-4-5-7-13(12)16)18-14(21)8-20-11(3)15(17)10(2)19-20/h4-7,9H,8H2,1-3H3,(H,18,21)/t9-/m0/s1. The van der Waals surface area contributed by atoms with E-state index in [1.165, 1.54) is 0 Å². The number of amides is 1. The summed E-state index contributed by atoms with van der Waals surface area (Å²) in [5.74, 6) is -0.135. The summed E-state index contributed by atoms with van der Waals surface area (Å²) >= 11 is 12.2. The average Bonchev–Trinajstić information content (AvgIpc) is 2.66. The van der Waals surface area contributed by atoms with Crippen LogP contribution in [-0.4, -0.2) is 15.7 Å². The number of halogens is 2. The Morgan fingerprint density at radius 1 is 1.33 bits per heavy atom. The van der Waals surface area contributed by atoms with Crippen molar-refractivity contribution in [2.45, 2.75) is 33.4 Å². The van der Waals surface area contributed by atoms with Crippen LogP contribution in [0.5, 0.6) is 0 Å². The number of aryl methyl sites for hydroxylation is 1. The molecule has 1 N–H and O–H groups in total. The first-order chi connectivity index (χ1) is 9.90. The van der Waals surface area contributed by atoms with Crippen LogP contribution in [0.4, 0.5) is 0 Å². The van der Waals surface area contributed by atoms with Crippen LogP contribution in [0.2, 0.25) is 10.0 Å². The van der Waals surface area contributed by atoms with E-state index in [1.54, 1.807) is 10.7 Å². The maximum absolute atomic E-state index is 12.1. The molecule has 0 unspecified atom stereocenters. The molecule has 0 aliphatic carbocycles. The first-order valence-corrected chi connectivity index (χ1v) is 7.39. The van der Waals surface area contributed by atoms with E-state index in [9.17, 15) is 4.79 Å². The molecular formula is C15H17Cl2N3O. The fourth-order valence-corrected chi connectivity index (χ4v) is 2.59. The van der Waals surface area contributed by atoms with Crippen molar-refractivity contribution >= 4 is 29.1 Å². The summed E-state index contributed by atoms with van der Waals surface area (Å²) in [6.07, 6.45) is 0. The minimum absolute atomic E-state index is 0.133. The van der Waals surface area contributed by atoms with Gasteiger partial charge in [-0.2, -0.15) is 5.10 Å². The molecule has 1 aromatic carbocycles. The number of hydrogen-bond donors (Lipinski definition) is 1. The van der Waals surface area contributed by atoms with Crippen molar-refractivity contribution in [3.8, 4) is 0 Å². The molecule has 6 heteroatoms. The van der Waals surface area contributed by atoms with E-state index in [2.05, 4.69) is 10.4 Å². The maximum Gasteiger partial charge on any atom is 0.242 e. The van der Waals surface area contributed by atoms with Crippen LogP contribution in [0, 0.1) is 13.8 Å². The van der Waals surface area contributed by atoms with Crippen molar-refractivity contribution < 1.29 is 4.79 Å². The lowest BCUT2D eigenvalue weighted by Crippen LogP contribution is -2.30. The van der Waals surface area contributed by atoms with Gasteiger partial charge in [0, 0.05) is 5.02 Å². The molecule has 0 bridgehead atoms. The van der Waals surface area contributed by atoms with Crippen LogP contribution in [-0.2, 0) is 11.3 Å². The predicted octanol–water partition coefficient (Wildman–Crippen LogP) is 3.68. The number of carbonyl (C=O) groups excluding carboxylic acids is 1. The van der Waals surface area contributed by atoms with Crippen molar-refractivity contribution in [3.63, 3.8) is 0 Å². The molecule has 0 saturated heterocycles. The summed E-state index contributed by atoms with van der Waals surface area (Å²) in [6, 6.07) is 7.29. The quantitative estimate of drug-likeness (QED) is 0.931. The third kappa shape index (κ3) is 3.57. The second-order valence-corrected chi connectivity index (χ2v) is 5.74. The summed E-state index contributed by atoms with van der Waals surface area (Å²) in [5, 5.41) is 8.40. The number of benzene rings is 1. The lowest BCUT2D eigenvalue weighted by molar-refractivity contribution is -0.122. The monoisotopic (exact) mass is 325 g/mol. The number of nitrogens with one attached hydrogen (secondary N) is 1. The molecule has 112 valence electrons. The van der Waals surface area contributed by atoms with E-state index in [0.29, 0.717) is 10.0 Å². The van der Waals surface area contributed by atoms with E-state index in [0.717, 1.165) is 17.0 Å². The van der Waals surface area contributed by atoms with Gasteiger partial charge in [0.05, 0.1) is 22.5 Å². The van der Waals surface area contributed by atoms with Gasteiger partial charge in [-0.1, -0.05) is 41.4 Å². The molecule has 1 aromatic heterocycles. The Kier molecular flexibility index (Phi) is 4.91. The molecule has 1 amide bonds. The van der Waals surface area contributed by atoms with Crippen molar-refractivity contribution in [1.29, 1.82) is 0 Å². The largest absolute Gasteiger partial charge is 0.348 e. The van der Waals surface area contributed by atoms with Gasteiger partial charge in [-0.05, 0) is 32.4 Å². The van der Waals surface area contributed by atoms with Crippen LogP contribution in [0.15, 0.2) is 24.3 Å². The zero-order valence-corrected chi connectivity index (χ0v) is 13.7.